The highest BCUT2D eigenvalue weighted by Crippen LogP contribution is 2.26. The molecular weight excluding hydrogens is 452 g/mol. The summed E-state index contributed by atoms with van der Waals surface area (Å²) in [7, 11) is -3.32. The van der Waals surface area contributed by atoms with Crippen LogP contribution in [0.5, 0.6) is 0 Å². The highest BCUT2D eigenvalue weighted by Gasteiger charge is 2.28. The summed E-state index contributed by atoms with van der Waals surface area (Å²) < 4.78 is 31.0. The van der Waals surface area contributed by atoms with Gasteiger partial charge >= 0.3 is 0 Å². The summed E-state index contributed by atoms with van der Waals surface area (Å²) in [6, 6.07) is 12.4. The number of sulfone groups is 1. The predicted molar refractivity (Wildman–Crippen MR) is 132 cm³/mol. The molecule has 1 aliphatic heterocycles. The van der Waals surface area contributed by atoms with Crippen LogP contribution in [-0.2, 0) is 9.84 Å². The lowest BCUT2D eigenvalue weighted by Crippen LogP contribution is -2.35. The number of benzene rings is 2. The van der Waals surface area contributed by atoms with Crippen molar-refractivity contribution in [3.05, 3.63) is 66.0 Å². The molecule has 4 aromatic rings. The second kappa shape index (κ2) is 9.24. The Morgan fingerprint density at radius 2 is 1.76 bits per heavy atom. The molecule has 1 aliphatic rings. The van der Waals surface area contributed by atoms with Gasteiger partial charge in [-0.15, -0.1) is 0 Å². The summed E-state index contributed by atoms with van der Waals surface area (Å²) in [6.45, 7) is 1.47. The van der Waals surface area contributed by atoms with Gasteiger partial charge in [-0.3, -0.25) is 0 Å². The van der Waals surface area contributed by atoms with Crippen molar-refractivity contribution >= 4 is 50.4 Å². The molecule has 1 saturated heterocycles. The van der Waals surface area contributed by atoms with Gasteiger partial charge in [0.25, 0.3) is 0 Å². The zero-order valence-electron chi connectivity index (χ0n) is 18.3. The molecule has 9 nitrogen and oxygen atoms in total. The minimum atomic E-state index is -3.32. The number of nitrogen functional groups attached to an aromatic ring is 1. The van der Waals surface area contributed by atoms with E-state index >= 15 is 0 Å². The average molecular weight is 477 g/mol. The van der Waals surface area contributed by atoms with Crippen LogP contribution in [0.4, 0.5) is 17.5 Å². The van der Waals surface area contributed by atoms with E-state index in [2.05, 4.69) is 25.8 Å². The third kappa shape index (κ3) is 4.50. The Hall–Kier alpha value is -3.76. The number of nitrogens with one attached hydrogen (secondary N) is 2. The first kappa shape index (κ1) is 22.1. The number of piperidine rings is 1. The van der Waals surface area contributed by atoms with Crippen molar-refractivity contribution in [3.63, 3.8) is 0 Å². The fourth-order valence-electron chi connectivity index (χ4n) is 3.96. The van der Waals surface area contributed by atoms with Crippen LogP contribution in [0.15, 0.2) is 64.3 Å². The van der Waals surface area contributed by atoms with Crippen molar-refractivity contribution in [2.24, 2.45) is 0 Å². The van der Waals surface area contributed by atoms with Crippen LogP contribution in [0, 0.1) is 0 Å². The van der Waals surface area contributed by atoms with Gasteiger partial charge in [0.1, 0.15) is 0 Å². The molecule has 5 rings (SSSR count). The second-order valence-corrected chi connectivity index (χ2v) is 10.3. The first-order valence-electron chi connectivity index (χ1n) is 11.0. The van der Waals surface area contributed by atoms with E-state index in [0.29, 0.717) is 40.8 Å². The Labute approximate surface area is 197 Å². The molecule has 0 saturated carbocycles. The Kier molecular flexibility index (Phi) is 5.99. The van der Waals surface area contributed by atoms with Gasteiger partial charge in [0.2, 0.25) is 5.95 Å². The van der Waals surface area contributed by atoms with Gasteiger partial charge in [-0.2, -0.15) is 0 Å². The Balaban J connectivity index is 1.25. The van der Waals surface area contributed by atoms with Gasteiger partial charge in [-0.05, 0) is 56.3 Å². The van der Waals surface area contributed by atoms with E-state index in [1.54, 1.807) is 36.7 Å². The van der Waals surface area contributed by atoms with Crippen molar-refractivity contribution in [1.29, 1.82) is 0 Å². The normalized spacial score (nSPS) is 15.2. The second-order valence-electron chi connectivity index (χ2n) is 8.11. The number of nitrogens with two attached hydrogens (primary N) is 1. The molecule has 0 unspecified atom stereocenters. The lowest BCUT2D eigenvalue weighted by atomic mass is 10.1. The summed E-state index contributed by atoms with van der Waals surface area (Å²) in [5, 5.41) is 10.5. The maximum atomic E-state index is 12.8. The quantitative estimate of drug-likeness (QED) is 0.381. The van der Waals surface area contributed by atoms with Gasteiger partial charge in [0.05, 0.1) is 15.5 Å². The molecule has 174 valence electrons. The summed E-state index contributed by atoms with van der Waals surface area (Å²) in [6.07, 6.45) is 8.42. The molecule has 2 aromatic heterocycles. The zero-order chi connectivity index (χ0) is 23.5. The molecule has 4 N–H and O–H groups in total. The van der Waals surface area contributed by atoms with Crippen LogP contribution in [0.25, 0.3) is 23.1 Å². The molecule has 34 heavy (non-hydrogen) atoms. The maximum absolute atomic E-state index is 12.8. The molecule has 0 spiro atoms. The molecule has 0 amide bonds. The minimum Gasteiger partial charge on any atom is -0.380 e. The topological polar surface area (TPSA) is 136 Å². The van der Waals surface area contributed by atoms with Crippen LogP contribution >= 0.6 is 0 Å². The molecule has 1 fully saturated rings. The van der Waals surface area contributed by atoms with E-state index < -0.39 is 9.84 Å². The minimum absolute atomic E-state index is 0.329. The lowest BCUT2D eigenvalue weighted by Gasteiger charge is -2.22. The van der Waals surface area contributed by atoms with E-state index in [4.69, 9.17) is 10.3 Å². The molecule has 0 aliphatic carbocycles. The molecule has 3 heterocycles. The van der Waals surface area contributed by atoms with Crippen LogP contribution in [0.3, 0.4) is 0 Å². The molecule has 0 radical (unpaired) electrons. The standard InChI is InChI=1S/C24H24N6O3S/c25-23-21-3-1-2-17(22(21)33-30-23)5-4-16-14-27-24(28-15-16)29-18-6-8-19(9-7-18)34(31,32)20-10-12-26-13-11-20/h1-9,14-15,20,26H,10-13H2,(H2,25,30)(H,27,28,29)/b5-4+. The number of anilines is 3. The molecule has 10 heteroatoms. The van der Waals surface area contributed by atoms with Crippen molar-refractivity contribution in [2.45, 2.75) is 23.0 Å². The summed E-state index contributed by atoms with van der Waals surface area (Å²) in [4.78, 5) is 9.03. The van der Waals surface area contributed by atoms with E-state index in [0.717, 1.165) is 29.6 Å². The highest BCUT2D eigenvalue weighted by molar-refractivity contribution is 7.92. The van der Waals surface area contributed by atoms with Crippen molar-refractivity contribution < 1.29 is 12.9 Å². The predicted octanol–water partition coefficient (Wildman–Crippen LogP) is 3.64. The van der Waals surface area contributed by atoms with Crippen molar-refractivity contribution in [3.8, 4) is 0 Å². The first-order chi connectivity index (χ1) is 16.5. The van der Waals surface area contributed by atoms with Crippen LogP contribution in [0.2, 0.25) is 0 Å². The van der Waals surface area contributed by atoms with Gasteiger partial charge in [0.15, 0.2) is 21.2 Å². The van der Waals surface area contributed by atoms with Crippen molar-refractivity contribution in [2.75, 3.05) is 24.1 Å². The smallest absolute Gasteiger partial charge is 0.227 e. The monoisotopic (exact) mass is 476 g/mol. The number of para-hydroxylation sites is 1. The number of hydrogen-bond donors (Lipinski definition) is 3. The van der Waals surface area contributed by atoms with Gasteiger partial charge in [-0.25, -0.2) is 18.4 Å². The van der Waals surface area contributed by atoms with Crippen molar-refractivity contribution in [1.82, 2.24) is 20.4 Å². The van der Waals surface area contributed by atoms with E-state index in [-0.39, 0.29) is 5.25 Å². The number of rotatable bonds is 6. The average Bonchev–Trinajstić information content (AvgIpc) is 3.26. The van der Waals surface area contributed by atoms with Crippen LogP contribution in [0.1, 0.15) is 24.0 Å². The van der Waals surface area contributed by atoms with E-state index in [1.807, 2.05) is 30.4 Å². The third-order valence-corrected chi connectivity index (χ3v) is 8.13. The number of hydrogen-bond acceptors (Lipinski definition) is 9. The first-order valence-corrected chi connectivity index (χ1v) is 12.5. The highest BCUT2D eigenvalue weighted by atomic mass is 32.2. The fourth-order valence-corrected chi connectivity index (χ4v) is 5.72. The third-order valence-electron chi connectivity index (χ3n) is 5.85. The largest absolute Gasteiger partial charge is 0.380 e. The Morgan fingerprint density at radius 3 is 2.50 bits per heavy atom. The Morgan fingerprint density at radius 1 is 1.03 bits per heavy atom. The maximum Gasteiger partial charge on any atom is 0.227 e. The Bertz CT molecular complexity index is 1420. The van der Waals surface area contributed by atoms with Gasteiger partial charge in [-0.1, -0.05) is 29.4 Å². The van der Waals surface area contributed by atoms with Crippen LogP contribution in [-0.4, -0.2) is 41.9 Å². The molecule has 2 aromatic carbocycles. The van der Waals surface area contributed by atoms with Gasteiger partial charge < -0.3 is 20.9 Å². The van der Waals surface area contributed by atoms with E-state index in [1.165, 1.54) is 0 Å². The number of aromatic nitrogens is 3. The van der Waals surface area contributed by atoms with Gasteiger partial charge in [0, 0.05) is 29.2 Å². The zero-order valence-corrected chi connectivity index (χ0v) is 19.1. The lowest BCUT2D eigenvalue weighted by molar-refractivity contribution is 0.460. The summed E-state index contributed by atoms with van der Waals surface area (Å²) >= 11 is 0. The molecular formula is C24H24N6O3S. The summed E-state index contributed by atoms with van der Waals surface area (Å²) in [5.41, 5.74) is 8.80. The van der Waals surface area contributed by atoms with E-state index in [9.17, 15) is 8.42 Å². The molecule has 0 atom stereocenters. The molecule has 0 bridgehead atoms. The fraction of sp³-hybridized carbons (Fsp3) is 0.208. The SMILES string of the molecule is Nc1noc2c(/C=C/c3cnc(Nc4ccc(S(=O)(=O)C5CCNCC5)cc4)nc3)cccc12. The van der Waals surface area contributed by atoms with Crippen LogP contribution < -0.4 is 16.4 Å². The number of nitrogens with zero attached hydrogens (tertiary/aromatic N) is 3. The summed E-state index contributed by atoms with van der Waals surface area (Å²) in [5.74, 6) is 0.775. The number of fused-ring (bicyclic) bond motifs is 1.